The molecule has 1 aromatic rings. The average molecular weight is 253 g/mol. The molecule has 0 aliphatic carbocycles. The van der Waals surface area contributed by atoms with Crippen molar-refractivity contribution >= 4 is 12.4 Å². The number of hydrogen-bond acceptors (Lipinski definition) is 4. The van der Waals surface area contributed by atoms with Crippen molar-refractivity contribution in [3.05, 3.63) is 23.7 Å². The van der Waals surface area contributed by atoms with Gasteiger partial charge in [0.25, 0.3) is 0 Å². The van der Waals surface area contributed by atoms with Gasteiger partial charge >= 0.3 is 6.09 Å². The topological polar surface area (TPSA) is 59.8 Å². The molecule has 0 radical (unpaired) electrons. The summed E-state index contributed by atoms with van der Waals surface area (Å²) in [4.78, 5) is 24.3. The summed E-state index contributed by atoms with van der Waals surface area (Å²) in [7, 11) is 1.53. The summed E-state index contributed by atoms with van der Waals surface area (Å²) in [5.74, 6) is 0.613. The Morgan fingerprint density at radius 2 is 2.11 bits per heavy atom. The Balaban J connectivity index is 2.87. The van der Waals surface area contributed by atoms with Crippen molar-refractivity contribution in [2.75, 3.05) is 7.05 Å². The fraction of sp³-hybridized carbons (Fsp3) is 0.538. The molecule has 0 bridgehead atoms. The molecule has 1 heterocycles. The van der Waals surface area contributed by atoms with Gasteiger partial charge in [-0.2, -0.15) is 0 Å². The smallest absolute Gasteiger partial charge is 0.410 e. The second kappa shape index (κ2) is 5.25. The van der Waals surface area contributed by atoms with Crippen LogP contribution in [0.25, 0.3) is 0 Å². The minimum absolute atomic E-state index is 0.541. The molecule has 1 rings (SSSR count). The number of hydrogen-bond donors (Lipinski definition) is 0. The van der Waals surface area contributed by atoms with Crippen LogP contribution in [0.15, 0.2) is 16.7 Å². The van der Waals surface area contributed by atoms with Crippen molar-refractivity contribution in [3.63, 3.8) is 0 Å². The molecule has 5 nitrogen and oxygen atoms in total. The molecular weight excluding hydrogens is 234 g/mol. The number of aryl methyl sites for hydroxylation is 1. The molecule has 100 valence electrons. The lowest BCUT2D eigenvalue weighted by Crippen LogP contribution is -2.37. The molecule has 1 atom stereocenters. The van der Waals surface area contributed by atoms with E-state index < -0.39 is 17.7 Å². The average Bonchev–Trinajstić information content (AvgIpc) is 2.63. The summed E-state index contributed by atoms with van der Waals surface area (Å²) in [6, 6.07) is 0.980. The first-order valence-corrected chi connectivity index (χ1v) is 5.71. The van der Waals surface area contributed by atoms with Crippen molar-refractivity contribution in [1.82, 2.24) is 4.90 Å². The number of furan rings is 1. The van der Waals surface area contributed by atoms with Crippen LogP contribution in [0.2, 0.25) is 0 Å². The summed E-state index contributed by atoms with van der Waals surface area (Å²) in [6.45, 7) is 7.07. The molecule has 0 saturated carbocycles. The number of carbonyl (C=O) groups is 2. The molecule has 0 aliphatic rings. The van der Waals surface area contributed by atoms with Gasteiger partial charge in [-0.05, 0) is 33.8 Å². The van der Waals surface area contributed by atoms with Gasteiger partial charge in [0.15, 0.2) is 0 Å². The molecule has 0 aromatic carbocycles. The Kier molecular flexibility index (Phi) is 4.16. The van der Waals surface area contributed by atoms with E-state index in [-0.39, 0.29) is 0 Å². The zero-order valence-electron chi connectivity index (χ0n) is 11.4. The third-order valence-electron chi connectivity index (χ3n) is 2.45. The second-order valence-corrected chi connectivity index (χ2v) is 5.10. The van der Waals surface area contributed by atoms with Crippen LogP contribution in [0, 0.1) is 6.92 Å². The summed E-state index contributed by atoms with van der Waals surface area (Å²) in [5.41, 5.74) is 0.0721. The summed E-state index contributed by atoms with van der Waals surface area (Å²) < 4.78 is 10.4. The van der Waals surface area contributed by atoms with E-state index in [1.807, 2.05) is 0 Å². The summed E-state index contributed by atoms with van der Waals surface area (Å²) in [6.07, 6.45) is 1.64. The van der Waals surface area contributed by atoms with E-state index >= 15 is 0 Å². The van der Waals surface area contributed by atoms with Gasteiger partial charge in [-0.15, -0.1) is 0 Å². The van der Waals surface area contributed by atoms with E-state index in [2.05, 4.69) is 0 Å². The van der Waals surface area contributed by atoms with Gasteiger partial charge in [-0.3, -0.25) is 4.90 Å². The minimum Gasteiger partial charge on any atom is -0.469 e. The highest BCUT2D eigenvalue weighted by atomic mass is 16.6. The summed E-state index contributed by atoms with van der Waals surface area (Å²) in [5, 5.41) is 0. The van der Waals surface area contributed by atoms with Crippen LogP contribution in [0.5, 0.6) is 0 Å². The molecular formula is C13H19NO4. The number of amides is 1. The highest BCUT2D eigenvalue weighted by Crippen LogP contribution is 2.23. The van der Waals surface area contributed by atoms with Gasteiger partial charge < -0.3 is 13.9 Å². The number of aldehydes is 1. The van der Waals surface area contributed by atoms with Gasteiger partial charge in [0.1, 0.15) is 23.7 Å². The fourth-order valence-corrected chi connectivity index (χ4v) is 1.52. The lowest BCUT2D eigenvalue weighted by molar-refractivity contribution is -0.112. The number of rotatable bonds is 3. The van der Waals surface area contributed by atoms with Gasteiger partial charge in [-0.25, -0.2) is 4.79 Å². The monoisotopic (exact) mass is 253 g/mol. The standard InChI is InChI=1S/C13H19NO4/c1-9-10(6-7-17-9)11(8-15)14(5)12(16)18-13(2,3)4/h6-8,11H,1-5H3. The van der Waals surface area contributed by atoms with Crippen molar-refractivity contribution in [3.8, 4) is 0 Å². The predicted octanol–water partition coefficient (Wildman–Crippen LogP) is 2.69. The number of nitrogens with zero attached hydrogens (tertiary/aromatic N) is 1. The molecule has 1 unspecified atom stereocenters. The van der Waals surface area contributed by atoms with E-state index in [1.54, 1.807) is 33.8 Å². The van der Waals surface area contributed by atoms with Crippen LogP contribution in [0.1, 0.15) is 38.1 Å². The maximum atomic E-state index is 11.9. The highest BCUT2D eigenvalue weighted by Gasteiger charge is 2.27. The minimum atomic E-state index is -0.696. The maximum Gasteiger partial charge on any atom is 0.410 e. The third kappa shape index (κ3) is 3.35. The molecule has 1 amide bonds. The Bertz CT molecular complexity index is 430. The Hall–Kier alpha value is -1.78. The molecule has 0 saturated heterocycles. The summed E-state index contributed by atoms with van der Waals surface area (Å²) >= 11 is 0. The third-order valence-corrected chi connectivity index (χ3v) is 2.45. The van der Waals surface area contributed by atoms with E-state index in [9.17, 15) is 9.59 Å². The van der Waals surface area contributed by atoms with Crippen molar-refractivity contribution in [1.29, 1.82) is 0 Å². The quantitative estimate of drug-likeness (QED) is 0.777. The van der Waals surface area contributed by atoms with Gasteiger partial charge in [0, 0.05) is 12.6 Å². The SMILES string of the molecule is Cc1occc1C(C=O)N(C)C(=O)OC(C)(C)C. The van der Waals surface area contributed by atoms with Crippen molar-refractivity contribution < 1.29 is 18.7 Å². The van der Waals surface area contributed by atoms with Crippen LogP contribution in [0.3, 0.4) is 0 Å². The first-order valence-electron chi connectivity index (χ1n) is 5.71. The number of likely N-dealkylation sites (N-methyl/N-ethyl adjacent to an activating group) is 1. The largest absolute Gasteiger partial charge is 0.469 e. The van der Waals surface area contributed by atoms with Crippen LogP contribution in [-0.2, 0) is 9.53 Å². The van der Waals surface area contributed by atoms with E-state index in [0.29, 0.717) is 17.6 Å². The van der Waals surface area contributed by atoms with Crippen LogP contribution in [-0.4, -0.2) is 29.9 Å². The molecule has 0 fully saturated rings. The van der Waals surface area contributed by atoms with Gasteiger partial charge in [-0.1, -0.05) is 0 Å². The molecule has 0 aliphatic heterocycles. The zero-order valence-corrected chi connectivity index (χ0v) is 11.4. The molecule has 1 aromatic heterocycles. The molecule has 5 heteroatoms. The first-order chi connectivity index (χ1) is 8.26. The molecule has 0 N–H and O–H groups in total. The van der Waals surface area contributed by atoms with Crippen LogP contribution < -0.4 is 0 Å². The van der Waals surface area contributed by atoms with E-state index in [1.165, 1.54) is 18.2 Å². The number of carbonyl (C=O) groups excluding carboxylic acids is 2. The fourth-order valence-electron chi connectivity index (χ4n) is 1.52. The predicted molar refractivity (Wildman–Crippen MR) is 66.2 cm³/mol. The zero-order chi connectivity index (χ0) is 13.9. The lowest BCUT2D eigenvalue weighted by Gasteiger charge is -2.27. The Morgan fingerprint density at radius 1 is 1.50 bits per heavy atom. The molecule has 18 heavy (non-hydrogen) atoms. The normalized spacial score (nSPS) is 12.9. The lowest BCUT2D eigenvalue weighted by atomic mass is 10.1. The second-order valence-electron chi connectivity index (χ2n) is 5.10. The van der Waals surface area contributed by atoms with Crippen LogP contribution in [0.4, 0.5) is 4.79 Å². The van der Waals surface area contributed by atoms with Gasteiger partial charge in [0.2, 0.25) is 0 Å². The van der Waals surface area contributed by atoms with Crippen LogP contribution >= 0.6 is 0 Å². The maximum absolute atomic E-state index is 11.9. The highest BCUT2D eigenvalue weighted by molar-refractivity contribution is 5.74. The van der Waals surface area contributed by atoms with E-state index in [4.69, 9.17) is 9.15 Å². The number of ether oxygens (including phenoxy) is 1. The Morgan fingerprint density at radius 3 is 2.50 bits per heavy atom. The van der Waals surface area contributed by atoms with Gasteiger partial charge in [0.05, 0.1) is 6.26 Å². The molecule has 0 spiro atoms. The van der Waals surface area contributed by atoms with Crippen molar-refractivity contribution in [2.45, 2.75) is 39.3 Å². The Labute approximate surface area is 107 Å². The van der Waals surface area contributed by atoms with Crippen molar-refractivity contribution in [2.24, 2.45) is 0 Å². The van der Waals surface area contributed by atoms with E-state index in [0.717, 1.165) is 0 Å². The first kappa shape index (κ1) is 14.3.